The van der Waals surface area contributed by atoms with Crippen molar-refractivity contribution in [2.24, 2.45) is 0 Å². The number of hydrogen-bond acceptors (Lipinski definition) is 4. The van der Waals surface area contributed by atoms with E-state index in [2.05, 4.69) is 16.0 Å². The van der Waals surface area contributed by atoms with Gasteiger partial charge in [0, 0.05) is 43.0 Å². The van der Waals surface area contributed by atoms with Gasteiger partial charge in [-0.15, -0.1) is 0 Å². The molecule has 1 N–H and O–H groups in total. The van der Waals surface area contributed by atoms with Crippen molar-refractivity contribution in [3.05, 3.63) is 106 Å². The molecule has 5 rings (SSSR count). The Bertz CT molecular complexity index is 1280. The molecule has 1 atom stereocenters. The SMILES string of the molecule is O=c1cc2n(cc1O)CCN(Cc1cccc3cccnc13)C2c1ccc(F)cc1. The van der Waals surface area contributed by atoms with Crippen molar-refractivity contribution in [2.75, 3.05) is 6.54 Å². The van der Waals surface area contributed by atoms with Crippen molar-refractivity contribution in [3.63, 3.8) is 0 Å². The Labute approximate surface area is 172 Å². The van der Waals surface area contributed by atoms with Crippen molar-refractivity contribution in [1.29, 1.82) is 0 Å². The molecule has 0 aliphatic carbocycles. The molecule has 0 saturated heterocycles. The van der Waals surface area contributed by atoms with E-state index in [4.69, 9.17) is 0 Å². The van der Waals surface area contributed by atoms with Gasteiger partial charge in [-0.25, -0.2) is 4.39 Å². The maximum absolute atomic E-state index is 13.6. The van der Waals surface area contributed by atoms with E-state index in [1.165, 1.54) is 24.4 Å². The molecule has 0 bridgehead atoms. The summed E-state index contributed by atoms with van der Waals surface area (Å²) in [4.78, 5) is 19.0. The molecular formula is C24H20FN3O2. The van der Waals surface area contributed by atoms with Crippen molar-refractivity contribution in [1.82, 2.24) is 14.5 Å². The number of nitrogens with zero attached hydrogens (tertiary/aromatic N) is 3. The standard InChI is InChI=1S/C24H20FN3O2/c25-19-8-6-17(7-9-19)24-20-13-21(29)22(30)15-27(20)11-12-28(24)14-18-4-1-3-16-5-2-10-26-23(16)18/h1-10,13,15,24,30H,11-12,14H2. The lowest BCUT2D eigenvalue weighted by Crippen LogP contribution is -2.39. The predicted octanol–water partition coefficient (Wildman–Crippen LogP) is 3.85. The first kappa shape index (κ1) is 18.5. The lowest BCUT2D eigenvalue weighted by Gasteiger charge is -2.38. The first-order valence-electron chi connectivity index (χ1n) is 9.85. The third-order valence-electron chi connectivity index (χ3n) is 5.69. The van der Waals surface area contributed by atoms with Gasteiger partial charge in [0.15, 0.2) is 5.75 Å². The second-order valence-electron chi connectivity index (χ2n) is 7.56. The number of benzene rings is 2. The molecule has 0 radical (unpaired) electrons. The number of para-hydroxylation sites is 1. The third kappa shape index (κ3) is 3.25. The maximum Gasteiger partial charge on any atom is 0.223 e. The average Bonchev–Trinajstić information content (AvgIpc) is 2.76. The molecule has 1 aliphatic heterocycles. The highest BCUT2D eigenvalue weighted by molar-refractivity contribution is 5.81. The van der Waals surface area contributed by atoms with E-state index in [1.807, 2.05) is 28.8 Å². The van der Waals surface area contributed by atoms with E-state index in [0.29, 0.717) is 19.6 Å². The van der Waals surface area contributed by atoms with E-state index in [9.17, 15) is 14.3 Å². The van der Waals surface area contributed by atoms with Gasteiger partial charge >= 0.3 is 0 Å². The zero-order chi connectivity index (χ0) is 20.7. The van der Waals surface area contributed by atoms with Crippen LogP contribution in [0.2, 0.25) is 0 Å². The molecule has 0 fully saturated rings. The highest BCUT2D eigenvalue weighted by atomic mass is 19.1. The molecular weight excluding hydrogens is 381 g/mol. The van der Waals surface area contributed by atoms with Gasteiger partial charge in [-0.05, 0) is 29.3 Å². The quantitative estimate of drug-likeness (QED) is 0.567. The first-order valence-corrected chi connectivity index (χ1v) is 9.85. The minimum atomic E-state index is -0.415. The van der Waals surface area contributed by atoms with E-state index in [-0.39, 0.29) is 17.6 Å². The van der Waals surface area contributed by atoms with Crippen LogP contribution in [0.5, 0.6) is 5.75 Å². The van der Waals surface area contributed by atoms with Crippen molar-refractivity contribution in [2.45, 2.75) is 19.1 Å². The number of halogens is 1. The van der Waals surface area contributed by atoms with Gasteiger partial charge in [-0.2, -0.15) is 0 Å². The highest BCUT2D eigenvalue weighted by Crippen LogP contribution is 2.34. The van der Waals surface area contributed by atoms with Crippen LogP contribution in [0.4, 0.5) is 4.39 Å². The number of rotatable bonds is 3. The molecule has 2 aromatic heterocycles. The minimum absolute atomic E-state index is 0.244. The summed E-state index contributed by atoms with van der Waals surface area (Å²) < 4.78 is 15.5. The number of aromatic nitrogens is 2. The Kier molecular flexibility index (Phi) is 4.56. The number of aromatic hydroxyl groups is 1. The zero-order valence-corrected chi connectivity index (χ0v) is 16.2. The van der Waals surface area contributed by atoms with Gasteiger partial charge in [-0.3, -0.25) is 14.7 Å². The summed E-state index contributed by atoms with van der Waals surface area (Å²) in [6.45, 7) is 1.98. The van der Waals surface area contributed by atoms with Crippen LogP contribution in [0.1, 0.15) is 22.9 Å². The summed E-state index contributed by atoms with van der Waals surface area (Å²) in [6.07, 6.45) is 3.28. The molecule has 0 amide bonds. The summed E-state index contributed by atoms with van der Waals surface area (Å²) >= 11 is 0. The Balaban J connectivity index is 1.62. The molecule has 0 spiro atoms. The molecule has 1 aliphatic rings. The predicted molar refractivity (Wildman–Crippen MR) is 113 cm³/mol. The van der Waals surface area contributed by atoms with Crippen LogP contribution in [0, 0.1) is 5.82 Å². The molecule has 30 heavy (non-hydrogen) atoms. The fraction of sp³-hybridized carbons (Fsp3) is 0.167. The number of pyridine rings is 2. The Morgan fingerprint density at radius 1 is 1.07 bits per heavy atom. The molecule has 6 heteroatoms. The lowest BCUT2D eigenvalue weighted by molar-refractivity contribution is 0.172. The largest absolute Gasteiger partial charge is 0.503 e. The van der Waals surface area contributed by atoms with Crippen LogP contribution in [0.3, 0.4) is 0 Å². The fourth-order valence-corrected chi connectivity index (χ4v) is 4.27. The smallest absolute Gasteiger partial charge is 0.223 e. The molecule has 2 aromatic carbocycles. The summed E-state index contributed by atoms with van der Waals surface area (Å²) in [5.41, 5.74) is 3.30. The maximum atomic E-state index is 13.6. The van der Waals surface area contributed by atoms with Gasteiger partial charge in [0.05, 0.1) is 17.8 Å². The average molecular weight is 401 g/mol. The van der Waals surface area contributed by atoms with E-state index < -0.39 is 5.43 Å². The van der Waals surface area contributed by atoms with Crippen molar-refractivity contribution in [3.8, 4) is 5.75 Å². The minimum Gasteiger partial charge on any atom is -0.503 e. The van der Waals surface area contributed by atoms with Gasteiger partial charge in [0.2, 0.25) is 5.43 Å². The van der Waals surface area contributed by atoms with Crippen LogP contribution >= 0.6 is 0 Å². The van der Waals surface area contributed by atoms with Crippen LogP contribution in [-0.4, -0.2) is 26.1 Å². The Hall–Kier alpha value is -3.51. The van der Waals surface area contributed by atoms with E-state index in [1.54, 1.807) is 18.3 Å². The monoisotopic (exact) mass is 401 g/mol. The molecule has 1 unspecified atom stereocenters. The molecule has 5 nitrogen and oxygen atoms in total. The highest BCUT2D eigenvalue weighted by Gasteiger charge is 2.30. The van der Waals surface area contributed by atoms with Crippen molar-refractivity contribution < 1.29 is 9.50 Å². The first-order chi connectivity index (χ1) is 14.6. The Morgan fingerprint density at radius 2 is 1.87 bits per heavy atom. The fourth-order valence-electron chi connectivity index (χ4n) is 4.27. The van der Waals surface area contributed by atoms with Crippen LogP contribution in [0.25, 0.3) is 10.9 Å². The second-order valence-corrected chi connectivity index (χ2v) is 7.56. The molecule has 0 saturated carbocycles. The van der Waals surface area contributed by atoms with Gasteiger partial charge in [0.25, 0.3) is 0 Å². The number of hydrogen-bond donors (Lipinski definition) is 1. The topological polar surface area (TPSA) is 58.4 Å². The summed E-state index contributed by atoms with van der Waals surface area (Å²) in [7, 11) is 0. The van der Waals surface area contributed by atoms with E-state index >= 15 is 0 Å². The van der Waals surface area contributed by atoms with Crippen LogP contribution < -0.4 is 5.43 Å². The summed E-state index contributed by atoms with van der Waals surface area (Å²) in [6, 6.07) is 17.7. The van der Waals surface area contributed by atoms with Crippen LogP contribution in [-0.2, 0) is 13.1 Å². The third-order valence-corrected chi connectivity index (χ3v) is 5.69. The summed E-state index contributed by atoms with van der Waals surface area (Å²) in [5.74, 6) is -0.564. The second kappa shape index (κ2) is 7.39. The summed E-state index contributed by atoms with van der Waals surface area (Å²) in [5, 5.41) is 11.0. The Morgan fingerprint density at radius 3 is 2.70 bits per heavy atom. The molecule has 3 heterocycles. The number of fused-ring (bicyclic) bond motifs is 2. The van der Waals surface area contributed by atoms with Gasteiger partial charge in [-0.1, -0.05) is 36.4 Å². The lowest BCUT2D eigenvalue weighted by atomic mass is 9.97. The van der Waals surface area contributed by atoms with Crippen molar-refractivity contribution >= 4 is 10.9 Å². The normalized spacial score (nSPS) is 16.5. The van der Waals surface area contributed by atoms with Crippen LogP contribution in [0.15, 0.2) is 77.9 Å². The molecule has 4 aromatic rings. The van der Waals surface area contributed by atoms with Gasteiger partial charge in [0.1, 0.15) is 5.82 Å². The van der Waals surface area contributed by atoms with Gasteiger partial charge < -0.3 is 9.67 Å². The zero-order valence-electron chi connectivity index (χ0n) is 16.2. The molecule has 150 valence electrons. The van der Waals surface area contributed by atoms with E-state index in [0.717, 1.165) is 27.7 Å².